The Balaban J connectivity index is 0.000000181. The Morgan fingerprint density at radius 1 is 0.938 bits per heavy atom. The number of nitrogens with two attached hydrogens (primary N) is 1. The van der Waals surface area contributed by atoms with Crippen LogP contribution in [0.25, 0.3) is 5.57 Å². The number of hydrogen-bond acceptors (Lipinski definition) is 4. The molecule has 4 nitrogen and oxygen atoms in total. The van der Waals surface area contributed by atoms with Crippen LogP contribution in [0, 0.1) is 17.2 Å². The molecular formula is C26H32Cl2N4. The van der Waals surface area contributed by atoms with Gasteiger partial charge in [0.05, 0.1) is 11.6 Å². The van der Waals surface area contributed by atoms with Gasteiger partial charge in [-0.3, -0.25) is 0 Å². The summed E-state index contributed by atoms with van der Waals surface area (Å²) < 4.78 is 0. The highest BCUT2D eigenvalue weighted by molar-refractivity contribution is 6.29. The molecule has 1 unspecified atom stereocenters. The van der Waals surface area contributed by atoms with Crippen molar-refractivity contribution in [2.75, 3.05) is 6.54 Å². The maximum Gasteiger partial charge on any atom is 0.129 e. The third-order valence-electron chi connectivity index (χ3n) is 6.59. The van der Waals surface area contributed by atoms with Gasteiger partial charge in [-0.1, -0.05) is 60.5 Å². The van der Waals surface area contributed by atoms with Gasteiger partial charge < -0.3 is 5.73 Å². The van der Waals surface area contributed by atoms with Gasteiger partial charge in [-0.05, 0) is 74.8 Å². The molecule has 2 heterocycles. The van der Waals surface area contributed by atoms with Crippen LogP contribution in [0.15, 0.2) is 42.2 Å². The summed E-state index contributed by atoms with van der Waals surface area (Å²) in [7, 11) is 0. The fourth-order valence-corrected chi connectivity index (χ4v) is 5.07. The minimum atomic E-state index is 0.463. The summed E-state index contributed by atoms with van der Waals surface area (Å²) in [5, 5.41) is 10.3. The maximum atomic E-state index is 9.23. The average molecular weight is 471 g/mol. The second-order valence-electron chi connectivity index (χ2n) is 8.68. The fraction of sp³-hybridized carbons (Fsp3) is 0.500. The van der Waals surface area contributed by atoms with Gasteiger partial charge in [0.15, 0.2) is 0 Å². The van der Waals surface area contributed by atoms with Gasteiger partial charge in [0.1, 0.15) is 10.3 Å². The lowest BCUT2D eigenvalue weighted by Gasteiger charge is -2.29. The first-order valence-electron chi connectivity index (χ1n) is 11.7. The fourth-order valence-electron chi connectivity index (χ4n) is 4.84. The Hall–Kier alpha value is -1.93. The zero-order valence-electron chi connectivity index (χ0n) is 18.6. The van der Waals surface area contributed by atoms with Crippen molar-refractivity contribution in [3.63, 3.8) is 0 Å². The molecule has 0 spiro atoms. The molecule has 2 N–H and O–H groups in total. The van der Waals surface area contributed by atoms with Crippen molar-refractivity contribution in [2.45, 2.75) is 70.1 Å². The highest BCUT2D eigenvalue weighted by Crippen LogP contribution is 2.35. The lowest BCUT2D eigenvalue weighted by molar-refractivity contribution is 0.307. The number of nitrogens with zero attached hydrogens (tertiary/aromatic N) is 3. The molecule has 2 aromatic heterocycles. The van der Waals surface area contributed by atoms with E-state index in [9.17, 15) is 5.26 Å². The zero-order chi connectivity index (χ0) is 22.8. The summed E-state index contributed by atoms with van der Waals surface area (Å²) in [5.41, 5.74) is 10.1. The summed E-state index contributed by atoms with van der Waals surface area (Å²) >= 11 is 11.5. The van der Waals surface area contributed by atoms with Crippen LogP contribution in [0.4, 0.5) is 0 Å². The van der Waals surface area contributed by atoms with Crippen molar-refractivity contribution in [1.29, 1.82) is 5.26 Å². The normalized spacial score (nSPS) is 17.6. The van der Waals surface area contributed by atoms with E-state index in [1.54, 1.807) is 12.3 Å². The van der Waals surface area contributed by atoms with E-state index in [1.165, 1.54) is 62.5 Å². The molecule has 2 aromatic rings. The molecule has 2 saturated carbocycles. The molecule has 0 amide bonds. The predicted molar refractivity (Wildman–Crippen MR) is 132 cm³/mol. The van der Waals surface area contributed by atoms with Crippen LogP contribution >= 0.6 is 23.2 Å². The van der Waals surface area contributed by atoms with E-state index in [4.69, 9.17) is 28.9 Å². The van der Waals surface area contributed by atoms with Gasteiger partial charge in [0.2, 0.25) is 0 Å². The highest BCUT2D eigenvalue weighted by atomic mass is 35.5. The topological polar surface area (TPSA) is 75.6 Å². The largest absolute Gasteiger partial charge is 0.330 e. The van der Waals surface area contributed by atoms with Crippen LogP contribution in [-0.2, 0) is 0 Å². The van der Waals surface area contributed by atoms with Gasteiger partial charge in [-0.2, -0.15) is 5.26 Å². The van der Waals surface area contributed by atoms with Crippen LogP contribution in [0.3, 0.4) is 0 Å². The second kappa shape index (κ2) is 12.9. The second-order valence-corrected chi connectivity index (χ2v) is 9.45. The summed E-state index contributed by atoms with van der Waals surface area (Å²) in [6, 6.07) is 9.84. The van der Waals surface area contributed by atoms with Crippen LogP contribution in [0.2, 0.25) is 10.3 Å². The van der Waals surface area contributed by atoms with Crippen molar-refractivity contribution in [3.8, 4) is 6.07 Å². The third-order valence-corrected chi connectivity index (χ3v) is 7.04. The molecule has 4 rings (SSSR count). The Bertz CT molecular complexity index is 902. The third kappa shape index (κ3) is 7.04. The summed E-state index contributed by atoms with van der Waals surface area (Å²) in [6.07, 6.45) is 16.0. The monoisotopic (exact) mass is 470 g/mol. The van der Waals surface area contributed by atoms with Crippen molar-refractivity contribution in [2.24, 2.45) is 11.7 Å². The maximum absolute atomic E-state index is 9.23. The first-order chi connectivity index (χ1) is 15.6. The average Bonchev–Trinajstić information content (AvgIpc) is 2.84. The number of nitriles is 1. The lowest BCUT2D eigenvalue weighted by atomic mass is 9.77. The Labute approximate surface area is 201 Å². The number of rotatable bonds is 4. The van der Waals surface area contributed by atoms with Crippen molar-refractivity contribution in [1.82, 2.24) is 9.97 Å². The SMILES string of the molecule is N#CC(=C1CCCCC1)c1ccc(Cl)nc1.NCC(c1ccc(Cl)nc1)C1CCCCC1. The molecule has 2 aliphatic rings. The van der Waals surface area contributed by atoms with E-state index in [1.807, 2.05) is 18.3 Å². The van der Waals surface area contributed by atoms with E-state index < -0.39 is 0 Å². The molecule has 1 atom stereocenters. The van der Waals surface area contributed by atoms with E-state index in [2.05, 4.69) is 22.1 Å². The number of allylic oxidation sites excluding steroid dienone is 2. The predicted octanol–water partition coefficient (Wildman–Crippen LogP) is 7.33. The van der Waals surface area contributed by atoms with Crippen molar-refractivity contribution >= 4 is 28.8 Å². The number of halogens is 2. The van der Waals surface area contributed by atoms with Crippen LogP contribution < -0.4 is 5.73 Å². The van der Waals surface area contributed by atoms with Crippen LogP contribution in [-0.4, -0.2) is 16.5 Å². The first kappa shape index (κ1) is 24.7. The first-order valence-corrected chi connectivity index (χ1v) is 12.4. The van der Waals surface area contributed by atoms with E-state index >= 15 is 0 Å². The van der Waals surface area contributed by atoms with E-state index in [-0.39, 0.29) is 0 Å². The number of aromatic nitrogens is 2. The van der Waals surface area contributed by atoms with Crippen molar-refractivity contribution in [3.05, 3.63) is 63.7 Å². The summed E-state index contributed by atoms with van der Waals surface area (Å²) in [5.74, 6) is 1.20. The van der Waals surface area contributed by atoms with Gasteiger partial charge in [-0.15, -0.1) is 0 Å². The molecular weight excluding hydrogens is 439 g/mol. The number of hydrogen-bond donors (Lipinski definition) is 1. The molecule has 0 bridgehead atoms. The number of pyridine rings is 2. The summed E-state index contributed by atoms with van der Waals surface area (Å²) in [6.45, 7) is 0.716. The smallest absolute Gasteiger partial charge is 0.129 e. The Morgan fingerprint density at radius 3 is 2.09 bits per heavy atom. The zero-order valence-corrected chi connectivity index (χ0v) is 20.1. The quantitative estimate of drug-likeness (QED) is 0.374. The molecule has 2 fully saturated rings. The Kier molecular flexibility index (Phi) is 9.99. The van der Waals surface area contributed by atoms with E-state index in [0.29, 0.717) is 22.8 Å². The molecule has 170 valence electrons. The summed E-state index contributed by atoms with van der Waals surface area (Å²) in [4.78, 5) is 8.18. The highest BCUT2D eigenvalue weighted by Gasteiger charge is 2.24. The molecule has 0 saturated heterocycles. The molecule has 0 aromatic carbocycles. The van der Waals surface area contributed by atoms with E-state index in [0.717, 1.165) is 29.9 Å². The molecule has 6 heteroatoms. The van der Waals surface area contributed by atoms with Gasteiger partial charge in [-0.25, -0.2) is 9.97 Å². The van der Waals surface area contributed by atoms with Crippen molar-refractivity contribution < 1.29 is 0 Å². The van der Waals surface area contributed by atoms with Crippen LogP contribution in [0.1, 0.15) is 81.3 Å². The minimum Gasteiger partial charge on any atom is -0.330 e. The van der Waals surface area contributed by atoms with Gasteiger partial charge >= 0.3 is 0 Å². The van der Waals surface area contributed by atoms with Gasteiger partial charge in [0.25, 0.3) is 0 Å². The lowest BCUT2D eigenvalue weighted by Crippen LogP contribution is -2.23. The standard InChI is InChI=1S/C13H19ClN2.C13H13ClN2/c2*14-13-7-6-11(9-16-13)12(8-15)10-4-2-1-3-5-10/h6-7,9-10,12H,1-5,8,15H2;6-7,9H,1-5H2. The molecule has 32 heavy (non-hydrogen) atoms. The van der Waals surface area contributed by atoms with Gasteiger partial charge in [0, 0.05) is 23.9 Å². The minimum absolute atomic E-state index is 0.463. The molecule has 2 aliphatic carbocycles. The molecule has 0 aliphatic heterocycles. The van der Waals surface area contributed by atoms with Crippen LogP contribution in [0.5, 0.6) is 0 Å². The molecule has 0 radical (unpaired) electrons. The Morgan fingerprint density at radius 2 is 1.56 bits per heavy atom.